The Labute approximate surface area is 159 Å². The second-order valence-electron chi connectivity index (χ2n) is 5.34. The number of amides is 1. The monoisotopic (exact) mass is 390 g/mol. The van der Waals surface area contributed by atoms with Crippen LogP contribution in [-0.4, -0.2) is 15.9 Å². The second-order valence-corrected chi connectivity index (χ2v) is 6.22. The van der Waals surface area contributed by atoms with E-state index in [1.165, 1.54) is 18.5 Å². The third kappa shape index (κ3) is 4.68. The maximum absolute atomic E-state index is 13.6. The molecular formula is C18H13Cl2FN4O. The van der Waals surface area contributed by atoms with Gasteiger partial charge in [0.2, 0.25) is 0 Å². The van der Waals surface area contributed by atoms with E-state index in [0.29, 0.717) is 27.1 Å². The lowest BCUT2D eigenvalue weighted by molar-refractivity contribution is 0.102. The van der Waals surface area contributed by atoms with E-state index in [-0.39, 0.29) is 18.1 Å². The van der Waals surface area contributed by atoms with Crippen molar-refractivity contribution in [2.75, 3.05) is 10.6 Å². The minimum atomic E-state index is -0.448. The fourth-order valence-electron chi connectivity index (χ4n) is 2.19. The van der Waals surface area contributed by atoms with Crippen molar-refractivity contribution in [2.45, 2.75) is 6.54 Å². The Hall–Kier alpha value is -2.70. The van der Waals surface area contributed by atoms with E-state index in [9.17, 15) is 9.18 Å². The number of halogens is 3. The van der Waals surface area contributed by atoms with E-state index in [4.69, 9.17) is 23.2 Å². The number of nitrogens with zero attached hydrogens (tertiary/aromatic N) is 2. The second kappa shape index (κ2) is 8.12. The maximum atomic E-state index is 13.6. The molecule has 0 bridgehead atoms. The lowest BCUT2D eigenvalue weighted by Gasteiger charge is -2.08. The van der Waals surface area contributed by atoms with E-state index in [2.05, 4.69) is 20.6 Å². The Morgan fingerprint density at radius 1 is 1.04 bits per heavy atom. The van der Waals surface area contributed by atoms with Crippen molar-refractivity contribution >= 4 is 40.6 Å². The highest BCUT2D eigenvalue weighted by Gasteiger charge is 2.10. The third-order valence-corrected chi connectivity index (χ3v) is 3.86. The van der Waals surface area contributed by atoms with Gasteiger partial charge in [0.1, 0.15) is 17.3 Å². The summed E-state index contributed by atoms with van der Waals surface area (Å²) in [5.41, 5.74) is 1.09. The Kier molecular flexibility index (Phi) is 5.65. The van der Waals surface area contributed by atoms with Crippen LogP contribution in [0.15, 0.2) is 54.9 Å². The van der Waals surface area contributed by atoms with Crippen LogP contribution in [0.25, 0.3) is 0 Å². The highest BCUT2D eigenvalue weighted by atomic mass is 35.5. The summed E-state index contributed by atoms with van der Waals surface area (Å²) in [6.45, 7) is 0.258. The number of rotatable bonds is 5. The zero-order chi connectivity index (χ0) is 18.5. The van der Waals surface area contributed by atoms with Crippen LogP contribution in [0.5, 0.6) is 0 Å². The molecule has 0 fully saturated rings. The molecule has 0 unspecified atom stereocenters. The van der Waals surface area contributed by atoms with Crippen LogP contribution < -0.4 is 10.6 Å². The Morgan fingerprint density at radius 3 is 2.42 bits per heavy atom. The Balaban J connectivity index is 1.63. The van der Waals surface area contributed by atoms with E-state index < -0.39 is 5.91 Å². The summed E-state index contributed by atoms with van der Waals surface area (Å²) in [7, 11) is 0. The van der Waals surface area contributed by atoms with E-state index in [1.807, 2.05) is 0 Å². The summed E-state index contributed by atoms with van der Waals surface area (Å²) in [4.78, 5) is 20.4. The highest BCUT2D eigenvalue weighted by molar-refractivity contribution is 6.35. The highest BCUT2D eigenvalue weighted by Crippen LogP contribution is 2.22. The third-order valence-electron chi connectivity index (χ3n) is 3.42. The number of hydrogen-bond donors (Lipinski definition) is 2. The standard InChI is InChI=1S/C18H13Cl2FN4O/c19-12-5-13(20)7-14(6-12)25-18(26)16-9-24-17(10-22-16)23-8-11-3-1-2-4-15(11)21/h1-7,9-10H,8H2,(H,23,24)(H,25,26). The van der Waals surface area contributed by atoms with Crippen LogP contribution >= 0.6 is 23.2 Å². The van der Waals surface area contributed by atoms with Crippen molar-refractivity contribution in [1.82, 2.24) is 9.97 Å². The molecule has 5 nitrogen and oxygen atoms in total. The lowest BCUT2D eigenvalue weighted by atomic mass is 10.2. The number of carbonyl (C=O) groups is 1. The van der Waals surface area contributed by atoms with Crippen LogP contribution in [0.2, 0.25) is 10.0 Å². The van der Waals surface area contributed by atoms with Gasteiger partial charge in [0.05, 0.1) is 12.4 Å². The summed E-state index contributed by atoms with van der Waals surface area (Å²) in [5.74, 6) is -0.323. The summed E-state index contributed by atoms with van der Waals surface area (Å²) in [6, 6.07) is 11.1. The summed E-state index contributed by atoms with van der Waals surface area (Å²) in [5, 5.41) is 6.41. The van der Waals surface area contributed by atoms with Gasteiger partial charge in [0.15, 0.2) is 0 Å². The number of nitrogens with one attached hydrogen (secondary N) is 2. The first-order valence-electron chi connectivity index (χ1n) is 7.58. The largest absolute Gasteiger partial charge is 0.365 e. The van der Waals surface area contributed by atoms with Crippen LogP contribution in [0.1, 0.15) is 16.1 Å². The fourth-order valence-corrected chi connectivity index (χ4v) is 2.71. The van der Waals surface area contributed by atoms with E-state index in [1.54, 1.807) is 36.4 Å². The number of benzene rings is 2. The van der Waals surface area contributed by atoms with Gasteiger partial charge in [0, 0.05) is 27.8 Å². The van der Waals surface area contributed by atoms with Crippen molar-refractivity contribution in [1.29, 1.82) is 0 Å². The molecule has 3 rings (SSSR count). The van der Waals surface area contributed by atoms with Crippen molar-refractivity contribution in [3.05, 3.63) is 82.0 Å². The van der Waals surface area contributed by atoms with Gasteiger partial charge < -0.3 is 10.6 Å². The molecule has 1 heterocycles. The van der Waals surface area contributed by atoms with Crippen LogP contribution in [0.4, 0.5) is 15.9 Å². The van der Waals surface area contributed by atoms with E-state index in [0.717, 1.165) is 0 Å². The first-order valence-corrected chi connectivity index (χ1v) is 8.33. The van der Waals surface area contributed by atoms with Gasteiger partial charge in [-0.05, 0) is 24.3 Å². The molecule has 132 valence electrons. The normalized spacial score (nSPS) is 10.4. The molecule has 0 saturated heterocycles. The summed E-state index contributed by atoms with van der Waals surface area (Å²) < 4.78 is 13.6. The predicted octanol–water partition coefficient (Wildman–Crippen LogP) is 4.79. The van der Waals surface area contributed by atoms with Gasteiger partial charge in [-0.15, -0.1) is 0 Å². The van der Waals surface area contributed by atoms with Gasteiger partial charge >= 0.3 is 0 Å². The van der Waals surface area contributed by atoms with Crippen molar-refractivity contribution in [3.63, 3.8) is 0 Å². The Morgan fingerprint density at radius 2 is 1.77 bits per heavy atom. The fraction of sp³-hybridized carbons (Fsp3) is 0.0556. The molecule has 0 atom stereocenters. The van der Waals surface area contributed by atoms with Crippen molar-refractivity contribution < 1.29 is 9.18 Å². The van der Waals surface area contributed by atoms with Crippen LogP contribution in [0, 0.1) is 5.82 Å². The molecular weight excluding hydrogens is 378 g/mol. The molecule has 0 aliphatic rings. The molecule has 1 amide bonds. The topological polar surface area (TPSA) is 66.9 Å². The average Bonchev–Trinajstić information content (AvgIpc) is 2.60. The predicted molar refractivity (Wildman–Crippen MR) is 100 cm³/mol. The number of anilines is 2. The minimum absolute atomic E-state index is 0.123. The van der Waals surface area contributed by atoms with Gasteiger partial charge in [-0.1, -0.05) is 41.4 Å². The molecule has 3 aromatic rings. The zero-order valence-electron chi connectivity index (χ0n) is 13.3. The SMILES string of the molecule is O=C(Nc1cc(Cl)cc(Cl)c1)c1cnc(NCc2ccccc2F)cn1. The van der Waals surface area contributed by atoms with E-state index >= 15 is 0 Å². The lowest BCUT2D eigenvalue weighted by Crippen LogP contribution is -2.14. The Bertz CT molecular complexity index is 914. The van der Waals surface area contributed by atoms with Gasteiger partial charge in [-0.25, -0.2) is 14.4 Å². The molecule has 0 saturated carbocycles. The van der Waals surface area contributed by atoms with Crippen molar-refractivity contribution in [2.24, 2.45) is 0 Å². The van der Waals surface area contributed by atoms with Gasteiger partial charge in [-0.2, -0.15) is 0 Å². The minimum Gasteiger partial charge on any atom is -0.365 e. The molecule has 26 heavy (non-hydrogen) atoms. The number of aromatic nitrogens is 2. The van der Waals surface area contributed by atoms with Crippen LogP contribution in [-0.2, 0) is 6.54 Å². The maximum Gasteiger partial charge on any atom is 0.275 e. The summed E-state index contributed by atoms with van der Waals surface area (Å²) in [6.07, 6.45) is 2.73. The first-order chi connectivity index (χ1) is 12.5. The van der Waals surface area contributed by atoms with Crippen molar-refractivity contribution in [3.8, 4) is 0 Å². The number of carbonyl (C=O) groups excluding carboxylic acids is 1. The smallest absolute Gasteiger partial charge is 0.275 e. The average molecular weight is 391 g/mol. The molecule has 0 aliphatic heterocycles. The van der Waals surface area contributed by atoms with Gasteiger partial charge in [-0.3, -0.25) is 4.79 Å². The molecule has 2 N–H and O–H groups in total. The van der Waals surface area contributed by atoms with Crippen LogP contribution in [0.3, 0.4) is 0 Å². The first kappa shape index (κ1) is 18.1. The molecule has 0 radical (unpaired) electrons. The zero-order valence-corrected chi connectivity index (χ0v) is 14.9. The molecule has 1 aromatic heterocycles. The van der Waals surface area contributed by atoms with Gasteiger partial charge in [0.25, 0.3) is 5.91 Å². The summed E-state index contributed by atoms with van der Waals surface area (Å²) >= 11 is 11.8. The molecule has 0 spiro atoms. The molecule has 2 aromatic carbocycles. The molecule has 8 heteroatoms. The molecule has 0 aliphatic carbocycles. The number of hydrogen-bond acceptors (Lipinski definition) is 4. The quantitative estimate of drug-likeness (QED) is 0.657.